The summed E-state index contributed by atoms with van der Waals surface area (Å²) in [6, 6.07) is -1.10. The van der Waals surface area contributed by atoms with Gasteiger partial charge in [0.25, 0.3) is 0 Å². The molecule has 0 bridgehead atoms. The van der Waals surface area contributed by atoms with E-state index < -0.39 is 24.1 Å². The highest BCUT2D eigenvalue weighted by atomic mass is 16.4. The minimum absolute atomic E-state index is 0.396. The number of hydrogen-bond acceptors (Lipinski definition) is 4. The Hall–Kier alpha value is -2.29. The van der Waals surface area contributed by atoms with Gasteiger partial charge in [0.05, 0.1) is 0 Å². The number of carboxylic acids is 1. The highest BCUT2D eigenvalue weighted by Gasteiger charge is 2.11. The lowest BCUT2D eigenvalue weighted by Gasteiger charge is -2.05. The third-order valence-electron chi connectivity index (χ3n) is 5.10. The maximum Gasteiger partial charge on any atom is 0.361 e. The van der Waals surface area contributed by atoms with Gasteiger partial charge in [-0.25, -0.2) is 14.4 Å². The number of urea groups is 2. The van der Waals surface area contributed by atoms with E-state index in [0.717, 1.165) is 12.8 Å². The van der Waals surface area contributed by atoms with E-state index in [9.17, 15) is 14.4 Å². The minimum Gasteiger partial charge on any atom is -0.479 e. The lowest BCUT2D eigenvalue weighted by atomic mass is 10.0. The molecular formula is C26H52N4O5. The van der Waals surface area contributed by atoms with Crippen LogP contribution >= 0.6 is 0 Å². The smallest absolute Gasteiger partial charge is 0.361 e. The Labute approximate surface area is 213 Å². The van der Waals surface area contributed by atoms with Crippen LogP contribution in [-0.2, 0) is 4.79 Å². The molecule has 0 heterocycles. The summed E-state index contributed by atoms with van der Waals surface area (Å²) in [5.74, 6) is -1.09. The van der Waals surface area contributed by atoms with Crippen molar-refractivity contribution in [2.45, 2.75) is 109 Å². The Morgan fingerprint density at radius 2 is 0.943 bits per heavy atom. The van der Waals surface area contributed by atoms with E-state index in [1.165, 1.54) is 115 Å². The number of azo groups is 1. The number of carbonyl (C=O) groups is 3. The Balaban J connectivity index is -0.000000620. The normalized spacial score (nSPS) is 11.0. The van der Waals surface area contributed by atoms with Gasteiger partial charge in [-0.15, -0.1) is 13.2 Å². The fourth-order valence-electron chi connectivity index (χ4n) is 2.92. The number of carbonyl (C=O) groups excluding carboxylic acids is 2. The van der Waals surface area contributed by atoms with Crippen molar-refractivity contribution in [3.63, 3.8) is 0 Å². The van der Waals surface area contributed by atoms with Gasteiger partial charge in [0, 0.05) is 28.2 Å². The first-order valence-corrected chi connectivity index (χ1v) is 12.9. The van der Waals surface area contributed by atoms with Crippen molar-refractivity contribution in [3.8, 4) is 0 Å². The van der Waals surface area contributed by atoms with Crippen molar-refractivity contribution in [2.24, 2.45) is 10.2 Å². The summed E-state index contributed by atoms with van der Waals surface area (Å²) in [5, 5.41) is 24.0. The van der Waals surface area contributed by atoms with E-state index in [-0.39, 0.29) is 0 Å². The second-order valence-corrected chi connectivity index (χ2v) is 8.79. The van der Waals surface area contributed by atoms with Gasteiger partial charge in [-0.1, -0.05) is 107 Å². The van der Waals surface area contributed by atoms with Crippen LogP contribution in [0.1, 0.15) is 103 Å². The molecule has 0 aliphatic carbocycles. The van der Waals surface area contributed by atoms with Gasteiger partial charge in [0.15, 0.2) is 6.10 Å². The Morgan fingerprint density at radius 3 is 1.20 bits per heavy atom. The number of nitrogens with zero attached hydrogens (tertiary/aromatic N) is 4. The quantitative estimate of drug-likeness (QED) is 0.135. The van der Waals surface area contributed by atoms with Crippen LogP contribution in [0.4, 0.5) is 9.59 Å². The maximum absolute atomic E-state index is 10.8. The number of aliphatic carboxylic acids is 1. The lowest BCUT2D eigenvalue weighted by molar-refractivity contribution is -0.146. The molecule has 0 radical (unpaired) electrons. The standard InChI is InChI=1S/C18H36O3.C6H12N4O2.C2H4/c1-2-3-4-5-6-7-8-9-10-11-12-13-14-15-16-17(19)18(20)21;1-9(2)5(11)7-8-6(12)10(3)4;1-2/h17,19H,2-16H2,1H3,(H,20,21);1-4H3;1-2H2. The van der Waals surface area contributed by atoms with E-state index >= 15 is 0 Å². The fourth-order valence-corrected chi connectivity index (χ4v) is 2.92. The van der Waals surface area contributed by atoms with Crippen molar-refractivity contribution in [1.29, 1.82) is 0 Å². The fraction of sp³-hybridized carbons (Fsp3) is 0.808. The largest absolute Gasteiger partial charge is 0.479 e. The molecule has 1 atom stereocenters. The molecule has 0 aromatic rings. The van der Waals surface area contributed by atoms with Gasteiger partial charge in [0.1, 0.15) is 0 Å². The van der Waals surface area contributed by atoms with Crippen molar-refractivity contribution in [1.82, 2.24) is 9.80 Å². The first kappa shape index (κ1) is 37.3. The van der Waals surface area contributed by atoms with Crippen LogP contribution in [0.5, 0.6) is 0 Å². The molecule has 0 spiro atoms. The van der Waals surface area contributed by atoms with E-state index in [1.807, 2.05) is 0 Å². The van der Waals surface area contributed by atoms with Crippen LogP contribution < -0.4 is 0 Å². The molecule has 0 aromatic carbocycles. The summed E-state index contributed by atoms with van der Waals surface area (Å²) in [6.07, 6.45) is 17.3. The summed E-state index contributed by atoms with van der Waals surface area (Å²) in [5.41, 5.74) is 0. The van der Waals surface area contributed by atoms with Crippen molar-refractivity contribution in [2.75, 3.05) is 28.2 Å². The number of carboxylic acid groups (broad SMARTS) is 1. The van der Waals surface area contributed by atoms with E-state index in [1.54, 1.807) is 0 Å². The number of amides is 4. The molecule has 0 aliphatic rings. The zero-order valence-electron chi connectivity index (χ0n) is 23.0. The molecular weight excluding hydrogens is 448 g/mol. The van der Waals surface area contributed by atoms with Crippen LogP contribution in [-0.4, -0.2) is 72.3 Å². The van der Waals surface area contributed by atoms with E-state index in [2.05, 4.69) is 30.3 Å². The van der Waals surface area contributed by atoms with Gasteiger partial charge >= 0.3 is 18.0 Å². The highest BCUT2D eigenvalue weighted by molar-refractivity contribution is 5.79. The number of rotatable bonds is 16. The zero-order valence-corrected chi connectivity index (χ0v) is 23.0. The molecule has 35 heavy (non-hydrogen) atoms. The van der Waals surface area contributed by atoms with Crippen molar-refractivity contribution < 1.29 is 24.6 Å². The molecule has 9 nitrogen and oxygen atoms in total. The summed E-state index contributed by atoms with van der Waals surface area (Å²) in [7, 11) is 6.12. The summed E-state index contributed by atoms with van der Waals surface area (Å²) < 4.78 is 0. The molecule has 4 amide bonds. The second-order valence-electron chi connectivity index (χ2n) is 8.79. The topological polar surface area (TPSA) is 123 Å². The number of hydrogen-bond donors (Lipinski definition) is 2. The molecule has 0 fully saturated rings. The predicted octanol–water partition coefficient (Wildman–Crippen LogP) is 6.91. The molecule has 1 unspecified atom stereocenters. The lowest BCUT2D eigenvalue weighted by Crippen LogP contribution is -2.20. The molecule has 2 N–H and O–H groups in total. The molecule has 9 heteroatoms. The molecule has 0 aromatic heterocycles. The highest BCUT2D eigenvalue weighted by Crippen LogP contribution is 2.13. The third-order valence-corrected chi connectivity index (χ3v) is 5.10. The average molecular weight is 501 g/mol. The van der Waals surface area contributed by atoms with Gasteiger partial charge < -0.3 is 20.0 Å². The molecule has 0 aliphatic heterocycles. The summed E-state index contributed by atoms with van der Waals surface area (Å²) in [4.78, 5) is 34.4. The summed E-state index contributed by atoms with van der Waals surface area (Å²) >= 11 is 0. The minimum atomic E-state index is -1.16. The average Bonchev–Trinajstić information content (AvgIpc) is 2.83. The SMILES string of the molecule is C=C.CCCCCCCCCCCCCCCCC(O)C(=O)O.CN(C)C(=O)N=NC(=O)N(C)C. The monoisotopic (exact) mass is 500 g/mol. The molecule has 0 saturated heterocycles. The number of unbranched alkanes of at least 4 members (excludes halogenated alkanes) is 13. The van der Waals surface area contributed by atoms with Gasteiger partial charge in [-0.05, 0) is 6.42 Å². The van der Waals surface area contributed by atoms with Crippen LogP contribution in [0.3, 0.4) is 0 Å². The molecule has 0 saturated carbocycles. The van der Waals surface area contributed by atoms with Crippen LogP contribution in [0.2, 0.25) is 0 Å². The third kappa shape index (κ3) is 29.7. The van der Waals surface area contributed by atoms with Crippen LogP contribution in [0.15, 0.2) is 23.4 Å². The van der Waals surface area contributed by atoms with Crippen molar-refractivity contribution in [3.05, 3.63) is 13.2 Å². The van der Waals surface area contributed by atoms with Crippen LogP contribution in [0.25, 0.3) is 0 Å². The van der Waals surface area contributed by atoms with E-state index in [0.29, 0.717) is 6.42 Å². The first-order valence-electron chi connectivity index (χ1n) is 12.9. The molecule has 0 rings (SSSR count). The van der Waals surface area contributed by atoms with Crippen LogP contribution in [0, 0.1) is 0 Å². The maximum atomic E-state index is 10.8. The van der Waals surface area contributed by atoms with Gasteiger partial charge in [0.2, 0.25) is 0 Å². The predicted molar refractivity (Wildman–Crippen MR) is 143 cm³/mol. The zero-order chi connectivity index (χ0) is 27.5. The molecule has 206 valence electrons. The Morgan fingerprint density at radius 1 is 0.657 bits per heavy atom. The first-order chi connectivity index (χ1) is 16.6. The number of aliphatic hydroxyl groups is 1. The Bertz CT molecular complexity index is 532. The summed E-state index contributed by atoms with van der Waals surface area (Å²) in [6.45, 7) is 8.26. The number of aliphatic hydroxyl groups excluding tert-OH is 1. The second kappa shape index (κ2) is 28.0. The van der Waals surface area contributed by atoms with Gasteiger partial charge in [-0.2, -0.15) is 0 Å². The van der Waals surface area contributed by atoms with Gasteiger partial charge in [-0.3, -0.25) is 0 Å². The van der Waals surface area contributed by atoms with Crippen molar-refractivity contribution >= 4 is 18.0 Å². The Kier molecular flexibility index (Phi) is 29.8. The van der Waals surface area contributed by atoms with E-state index in [4.69, 9.17) is 10.2 Å².